The van der Waals surface area contributed by atoms with E-state index in [0.717, 1.165) is 18.7 Å². The fourth-order valence-electron chi connectivity index (χ4n) is 1.06. The van der Waals surface area contributed by atoms with Crippen molar-refractivity contribution in [2.75, 3.05) is 19.3 Å². The van der Waals surface area contributed by atoms with Gasteiger partial charge in [0.15, 0.2) is 5.95 Å². The molecule has 13 heavy (non-hydrogen) atoms. The van der Waals surface area contributed by atoms with Crippen molar-refractivity contribution in [1.82, 2.24) is 14.9 Å². The first-order chi connectivity index (χ1) is 6.09. The van der Waals surface area contributed by atoms with E-state index in [2.05, 4.69) is 35.8 Å². The Labute approximate surface area is 79.1 Å². The van der Waals surface area contributed by atoms with Gasteiger partial charge in [-0.25, -0.2) is 4.98 Å². The number of likely N-dealkylation sites (N-methyl/N-ethyl adjacent to an activating group) is 1. The molecule has 0 saturated carbocycles. The molecule has 0 bridgehead atoms. The van der Waals surface area contributed by atoms with Gasteiger partial charge in [0, 0.05) is 24.7 Å². The van der Waals surface area contributed by atoms with E-state index in [1.54, 1.807) is 6.20 Å². The van der Waals surface area contributed by atoms with Gasteiger partial charge in [-0.05, 0) is 20.9 Å². The van der Waals surface area contributed by atoms with Crippen molar-refractivity contribution < 1.29 is 0 Å². The average molecular weight is 182 g/mol. The van der Waals surface area contributed by atoms with Gasteiger partial charge in [0.25, 0.3) is 0 Å². The topological polar surface area (TPSA) is 57.9 Å². The summed E-state index contributed by atoms with van der Waals surface area (Å²) in [4.78, 5) is 9.24. The molecule has 0 aliphatic rings. The molecule has 0 atom stereocenters. The molecule has 0 fully saturated rings. The second-order valence-electron chi connectivity index (χ2n) is 3.62. The number of aromatic amines is 1. The summed E-state index contributed by atoms with van der Waals surface area (Å²) in [5.74, 6) is 0.502. The van der Waals surface area contributed by atoms with Gasteiger partial charge < -0.3 is 15.6 Å². The van der Waals surface area contributed by atoms with Crippen LogP contribution in [0.4, 0.5) is 5.95 Å². The molecule has 0 unspecified atom stereocenters. The second kappa shape index (κ2) is 4.28. The van der Waals surface area contributed by atoms with E-state index in [-0.39, 0.29) is 0 Å². The minimum Gasteiger partial charge on any atom is -0.369 e. The number of nitrogens with zero attached hydrogens (tertiary/aromatic N) is 2. The summed E-state index contributed by atoms with van der Waals surface area (Å²) in [5, 5.41) is 0. The third kappa shape index (κ3) is 3.06. The maximum absolute atomic E-state index is 5.46. The maximum atomic E-state index is 5.46. The summed E-state index contributed by atoms with van der Waals surface area (Å²) in [6, 6.07) is 0.584. The van der Waals surface area contributed by atoms with Crippen LogP contribution in [0.2, 0.25) is 0 Å². The minimum absolute atomic E-state index is 0.502. The Morgan fingerprint density at radius 3 is 2.77 bits per heavy atom. The molecule has 0 aliphatic carbocycles. The Morgan fingerprint density at radius 2 is 2.31 bits per heavy atom. The van der Waals surface area contributed by atoms with E-state index >= 15 is 0 Å². The molecule has 1 aromatic heterocycles. The van der Waals surface area contributed by atoms with Crippen LogP contribution in [0.25, 0.3) is 0 Å². The zero-order valence-corrected chi connectivity index (χ0v) is 8.54. The molecule has 0 aliphatic heterocycles. The van der Waals surface area contributed by atoms with Crippen LogP contribution in [0.5, 0.6) is 0 Å². The number of aromatic nitrogens is 2. The molecule has 4 nitrogen and oxygen atoms in total. The fraction of sp³-hybridized carbons (Fsp3) is 0.667. The van der Waals surface area contributed by atoms with Crippen molar-refractivity contribution in [3.8, 4) is 0 Å². The summed E-state index contributed by atoms with van der Waals surface area (Å²) < 4.78 is 0. The van der Waals surface area contributed by atoms with Crippen LogP contribution in [-0.4, -0.2) is 34.5 Å². The Kier molecular flexibility index (Phi) is 3.31. The lowest BCUT2D eigenvalue weighted by Crippen LogP contribution is -2.28. The highest BCUT2D eigenvalue weighted by Crippen LogP contribution is 2.01. The predicted octanol–water partition coefficient (Wildman–Crippen LogP) is 0.875. The quantitative estimate of drug-likeness (QED) is 0.726. The average Bonchev–Trinajstić information content (AvgIpc) is 2.47. The molecule has 0 saturated heterocycles. The molecule has 1 rings (SSSR count). The van der Waals surface area contributed by atoms with E-state index < -0.39 is 0 Å². The van der Waals surface area contributed by atoms with Crippen LogP contribution in [0, 0.1) is 0 Å². The van der Waals surface area contributed by atoms with Crippen LogP contribution >= 0.6 is 0 Å². The SMILES string of the molecule is CC(C)N(C)CCc1cnc(N)[nH]1. The third-order valence-electron chi connectivity index (χ3n) is 2.26. The lowest BCUT2D eigenvalue weighted by Gasteiger charge is -2.20. The molecule has 74 valence electrons. The first kappa shape index (κ1) is 10.1. The Morgan fingerprint density at radius 1 is 1.62 bits per heavy atom. The number of nitrogens with two attached hydrogens (primary N) is 1. The van der Waals surface area contributed by atoms with Crippen molar-refractivity contribution in [3.63, 3.8) is 0 Å². The van der Waals surface area contributed by atoms with Crippen LogP contribution in [0.15, 0.2) is 6.20 Å². The van der Waals surface area contributed by atoms with Gasteiger partial charge in [0.1, 0.15) is 0 Å². The lowest BCUT2D eigenvalue weighted by atomic mass is 10.3. The first-order valence-electron chi connectivity index (χ1n) is 4.59. The Hall–Kier alpha value is -1.03. The molecule has 0 spiro atoms. The standard InChI is InChI=1S/C9H18N4/c1-7(2)13(3)5-4-8-6-11-9(10)12-8/h6-7H,4-5H2,1-3H3,(H3,10,11,12). The molecule has 0 radical (unpaired) electrons. The number of hydrogen-bond donors (Lipinski definition) is 2. The van der Waals surface area contributed by atoms with Gasteiger partial charge in [0.2, 0.25) is 0 Å². The zero-order valence-electron chi connectivity index (χ0n) is 8.54. The zero-order chi connectivity index (χ0) is 9.84. The molecule has 4 heteroatoms. The van der Waals surface area contributed by atoms with Crippen molar-refractivity contribution in [3.05, 3.63) is 11.9 Å². The van der Waals surface area contributed by atoms with Gasteiger partial charge in [-0.1, -0.05) is 0 Å². The first-order valence-corrected chi connectivity index (χ1v) is 4.59. The van der Waals surface area contributed by atoms with Gasteiger partial charge in [0.05, 0.1) is 6.20 Å². The lowest BCUT2D eigenvalue weighted by molar-refractivity contribution is 0.277. The van der Waals surface area contributed by atoms with Crippen molar-refractivity contribution in [1.29, 1.82) is 0 Å². The largest absolute Gasteiger partial charge is 0.369 e. The summed E-state index contributed by atoms with van der Waals surface area (Å²) in [6.07, 6.45) is 2.77. The van der Waals surface area contributed by atoms with Gasteiger partial charge in [-0.3, -0.25) is 0 Å². The number of anilines is 1. The summed E-state index contributed by atoms with van der Waals surface area (Å²) in [6.45, 7) is 5.39. The van der Waals surface area contributed by atoms with Gasteiger partial charge in [-0.15, -0.1) is 0 Å². The third-order valence-corrected chi connectivity index (χ3v) is 2.26. The number of hydrogen-bond acceptors (Lipinski definition) is 3. The minimum atomic E-state index is 0.502. The van der Waals surface area contributed by atoms with E-state index in [9.17, 15) is 0 Å². The van der Waals surface area contributed by atoms with Crippen LogP contribution < -0.4 is 5.73 Å². The van der Waals surface area contributed by atoms with Crippen molar-refractivity contribution in [2.24, 2.45) is 0 Å². The van der Waals surface area contributed by atoms with Crippen molar-refractivity contribution >= 4 is 5.95 Å². The summed E-state index contributed by atoms with van der Waals surface area (Å²) in [5.41, 5.74) is 6.57. The fourth-order valence-corrected chi connectivity index (χ4v) is 1.06. The molecule has 0 aromatic carbocycles. The molecule has 3 N–H and O–H groups in total. The maximum Gasteiger partial charge on any atom is 0.197 e. The van der Waals surface area contributed by atoms with Crippen molar-refractivity contribution in [2.45, 2.75) is 26.3 Å². The number of rotatable bonds is 4. The summed E-state index contributed by atoms with van der Waals surface area (Å²) >= 11 is 0. The predicted molar refractivity (Wildman–Crippen MR) is 54.5 cm³/mol. The van der Waals surface area contributed by atoms with E-state index in [1.165, 1.54) is 0 Å². The van der Waals surface area contributed by atoms with Gasteiger partial charge >= 0.3 is 0 Å². The number of H-pyrrole nitrogens is 1. The normalized spacial score (nSPS) is 11.5. The number of nitrogens with one attached hydrogen (secondary N) is 1. The molecule has 1 heterocycles. The van der Waals surface area contributed by atoms with E-state index in [0.29, 0.717) is 12.0 Å². The number of nitrogen functional groups attached to an aromatic ring is 1. The van der Waals surface area contributed by atoms with Crippen LogP contribution in [-0.2, 0) is 6.42 Å². The Balaban J connectivity index is 2.35. The number of imidazole rings is 1. The highest BCUT2D eigenvalue weighted by molar-refractivity contribution is 5.18. The summed E-state index contributed by atoms with van der Waals surface area (Å²) in [7, 11) is 2.12. The van der Waals surface area contributed by atoms with E-state index in [1.807, 2.05) is 0 Å². The monoisotopic (exact) mass is 182 g/mol. The second-order valence-corrected chi connectivity index (χ2v) is 3.62. The molecule has 0 amide bonds. The Bertz CT molecular complexity index is 254. The van der Waals surface area contributed by atoms with Crippen LogP contribution in [0.3, 0.4) is 0 Å². The highest BCUT2D eigenvalue weighted by Gasteiger charge is 2.04. The smallest absolute Gasteiger partial charge is 0.197 e. The molecular weight excluding hydrogens is 164 g/mol. The highest BCUT2D eigenvalue weighted by atomic mass is 15.1. The van der Waals surface area contributed by atoms with E-state index in [4.69, 9.17) is 5.73 Å². The molecular formula is C9H18N4. The van der Waals surface area contributed by atoms with Crippen LogP contribution in [0.1, 0.15) is 19.5 Å². The van der Waals surface area contributed by atoms with Gasteiger partial charge in [-0.2, -0.15) is 0 Å². The molecule has 1 aromatic rings.